The second-order valence-corrected chi connectivity index (χ2v) is 12.0. The van der Waals surface area contributed by atoms with Crippen LogP contribution in [0.25, 0.3) is 98.5 Å². The van der Waals surface area contributed by atoms with Crippen LogP contribution in [-0.2, 0) is 0 Å². The number of aromatic nitrogens is 1. The minimum absolute atomic E-state index is 0.597. The van der Waals surface area contributed by atoms with Gasteiger partial charge in [0.15, 0.2) is 5.69 Å². The van der Waals surface area contributed by atoms with Crippen LogP contribution in [0.3, 0.4) is 0 Å². The van der Waals surface area contributed by atoms with E-state index in [0.29, 0.717) is 5.69 Å². The third-order valence-electron chi connectivity index (χ3n) is 9.42. The van der Waals surface area contributed by atoms with Gasteiger partial charge in [0.05, 0.1) is 23.0 Å². The summed E-state index contributed by atoms with van der Waals surface area (Å²) in [6, 6.07) is 50.2. The molecule has 0 N–H and O–H groups in total. The first kappa shape index (κ1) is 25.7. The number of fused-ring (bicyclic) bond motifs is 10. The molecule has 0 saturated carbocycles. The van der Waals surface area contributed by atoms with Crippen LogP contribution in [0.2, 0.25) is 0 Å². The van der Waals surface area contributed by atoms with Gasteiger partial charge in [-0.1, -0.05) is 91.0 Å². The molecule has 10 aromatic rings. The molecule has 0 amide bonds. The van der Waals surface area contributed by atoms with E-state index >= 15 is 0 Å². The molecular weight excluding hydrogens is 576 g/mol. The van der Waals surface area contributed by atoms with Crippen molar-refractivity contribution in [3.8, 4) is 27.9 Å². The zero-order valence-electron chi connectivity index (χ0n) is 25.1. The molecule has 47 heavy (non-hydrogen) atoms. The molecule has 0 atom stereocenters. The first-order chi connectivity index (χ1) is 23.2. The van der Waals surface area contributed by atoms with Gasteiger partial charge in [-0.25, -0.2) is 4.85 Å². The molecule has 4 heteroatoms. The van der Waals surface area contributed by atoms with Crippen LogP contribution in [0.4, 0.5) is 5.69 Å². The molecule has 0 aliphatic rings. The van der Waals surface area contributed by atoms with E-state index in [1.807, 2.05) is 24.3 Å². The molecule has 7 aromatic carbocycles. The largest absolute Gasteiger partial charge is 0.456 e. The Morgan fingerprint density at radius 1 is 0.468 bits per heavy atom. The summed E-state index contributed by atoms with van der Waals surface area (Å²) in [5.74, 6) is 0. The summed E-state index contributed by atoms with van der Waals surface area (Å²) in [4.78, 5) is 3.81. The Balaban J connectivity index is 1.23. The van der Waals surface area contributed by atoms with Gasteiger partial charge in [-0.2, -0.15) is 0 Å². The summed E-state index contributed by atoms with van der Waals surface area (Å²) in [7, 11) is 0. The zero-order chi connectivity index (χ0) is 31.1. The molecule has 0 spiro atoms. The van der Waals surface area contributed by atoms with E-state index in [2.05, 4.69) is 131 Å². The minimum Gasteiger partial charge on any atom is -0.456 e. The standard InChI is InChI=1S/C43H24N2O2/c1-44-29-17-18-30(38(25-29)45-36-13-7-5-11-31(36)32-12-6-8-14-37(32)45)28-16-21-40-35(24-28)42-41(46-40)22-19-33-34-23-27(26-9-3-2-4-10-26)15-20-39(34)47-43(33)42/h2-25H. The predicted molar refractivity (Wildman–Crippen MR) is 192 cm³/mol. The fourth-order valence-electron chi connectivity index (χ4n) is 7.27. The Morgan fingerprint density at radius 2 is 1.13 bits per heavy atom. The molecule has 10 rings (SSSR count). The van der Waals surface area contributed by atoms with Crippen LogP contribution in [0, 0.1) is 6.57 Å². The summed E-state index contributed by atoms with van der Waals surface area (Å²) in [5, 5.41) is 6.46. The lowest BCUT2D eigenvalue weighted by molar-refractivity contribution is 0.663. The second kappa shape index (κ2) is 9.71. The van der Waals surface area contributed by atoms with E-state index < -0.39 is 0 Å². The molecule has 0 saturated heterocycles. The van der Waals surface area contributed by atoms with Gasteiger partial charge in [-0.15, -0.1) is 0 Å². The lowest BCUT2D eigenvalue weighted by atomic mass is 9.99. The first-order valence-corrected chi connectivity index (χ1v) is 15.6. The SMILES string of the molecule is [C-]#[N+]c1ccc(-c2ccc3oc4ccc5c6cc(-c7ccccc7)ccc6oc5c4c3c2)c(-n2c3ccccc3c3ccccc32)c1. The molecule has 0 aliphatic heterocycles. The number of hydrogen-bond acceptors (Lipinski definition) is 2. The van der Waals surface area contributed by atoms with E-state index in [4.69, 9.17) is 15.4 Å². The molecule has 3 aromatic heterocycles. The van der Waals surface area contributed by atoms with Gasteiger partial charge >= 0.3 is 0 Å². The van der Waals surface area contributed by atoms with E-state index in [0.717, 1.165) is 77.3 Å². The van der Waals surface area contributed by atoms with Crippen LogP contribution in [0.15, 0.2) is 154 Å². The van der Waals surface area contributed by atoms with Gasteiger partial charge in [-0.3, -0.25) is 0 Å². The summed E-state index contributed by atoms with van der Waals surface area (Å²) >= 11 is 0. The van der Waals surface area contributed by atoms with Crippen LogP contribution in [0.5, 0.6) is 0 Å². The first-order valence-electron chi connectivity index (χ1n) is 15.6. The summed E-state index contributed by atoms with van der Waals surface area (Å²) in [5.41, 5.74) is 11.4. The van der Waals surface area contributed by atoms with Crippen molar-refractivity contribution >= 4 is 71.4 Å². The summed E-state index contributed by atoms with van der Waals surface area (Å²) in [6.45, 7) is 7.82. The van der Waals surface area contributed by atoms with Gasteiger partial charge in [-0.05, 0) is 71.3 Å². The van der Waals surface area contributed by atoms with Gasteiger partial charge in [0.1, 0.15) is 22.3 Å². The maximum atomic E-state index is 7.82. The van der Waals surface area contributed by atoms with Gasteiger partial charge < -0.3 is 13.4 Å². The Morgan fingerprint density at radius 3 is 1.89 bits per heavy atom. The van der Waals surface area contributed by atoms with E-state index in [-0.39, 0.29) is 0 Å². The van der Waals surface area contributed by atoms with Gasteiger partial charge in [0.25, 0.3) is 0 Å². The molecule has 3 heterocycles. The predicted octanol–water partition coefficient (Wildman–Crippen LogP) is 12.5. The van der Waals surface area contributed by atoms with Crippen molar-refractivity contribution in [2.75, 3.05) is 0 Å². The highest BCUT2D eigenvalue weighted by atomic mass is 16.3. The Hall–Kier alpha value is -6.57. The van der Waals surface area contributed by atoms with Crippen molar-refractivity contribution in [2.45, 2.75) is 0 Å². The smallest absolute Gasteiger partial charge is 0.189 e. The second-order valence-electron chi connectivity index (χ2n) is 12.0. The van der Waals surface area contributed by atoms with Crippen molar-refractivity contribution in [1.29, 1.82) is 0 Å². The number of nitrogens with zero attached hydrogens (tertiary/aromatic N) is 2. The molecule has 4 nitrogen and oxygen atoms in total. The average molecular weight is 601 g/mol. The fraction of sp³-hybridized carbons (Fsp3) is 0. The van der Waals surface area contributed by atoms with E-state index in [1.165, 1.54) is 16.3 Å². The number of benzene rings is 7. The Bertz CT molecular complexity index is 2860. The van der Waals surface area contributed by atoms with Crippen molar-refractivity contribution in [1.82, 2.24) is 4.57 Å². The number of furan rings is 2. The van der Waals surface area contributed by atoms with Crippen molar-refractivity contribution < 1.29 is 8.83 Å². The highest BCUT2D eigenvalue weighted by Gasteiger charge is 2.20. The Kier molecular flexibility index (Phi) is 5.32. The summed E-state index contributed by atoms with van der Waals surface area (Å²) in [6.07, 6.45) is 0. The maximum absolute atomic E-state index is 7.82. The Labute approximate surface area is 269 Å². The molecular formula is C43H24N2O2. The number of rotatable bonds is 3. The highest BCUT2D eigenvalue weighted by Crippen LogP contribution is 2.43. The zero-order valence-corrected chi connectivity index (χ0v) is 25.1. The van der Waals surface area contributed by atoms with Crippen molar-refractivity contribution in [2.24, 2.45) is 0 Å². The molecule has 218 valence electrons. The van der Waals surface area contributed by atoms with E-state index in [1.54, 1.807) is 0 Å². The van der Waals surface area contributed by atoms with E-state index in [9.17, 15) is 0 Å². The van der Waals surface area contributed by atoms with Crippen LogP contribution >= 0.6 is 0 Å². The highest BCUT2D eigenvalue weighted by molar-refractivity contribution is 6.22. The fourth-order valence-corrected chi connectivity index (χ4v) is 7.27. The molecule has 0 bridgehead atoms. The lowest BCUT2D eigenvalue weighted by Gasteiger charge is -2.15. The number of para-hydroxylation sites is 2. The maximum Gasteiger partial charge on any atom is 0.189 e. The monoisotopic (exact) mass is 600 g/mol. The third kappa shape index (κ3) is 3.75. The van der Waals surface area contributed by atoms with Crippen molar-refractivity contribution in [3.63, 3.8) is 0 Å². The lowest BCUT2D eigenvalue weighted by Crippen LogP contribution is -1.97. The molecule has 0 fully saturated rings. The number of hydrogen-bond donors (Lipinski definition) is 0. The topological polar surface area (TPSA) is 35.6 Å². The van der Waals surface area contributed by atoms with Crippen LogP contribution < -0.4 is 0 Å². The van der Waals surface area contributed by atoms with Gasteiger partial charge in [0.2, 0.25) is 0 Å². The average Bonchev–Trinajstić information content (AvgIpc) is 3.80. The normalized spacial score (nSPS) is 11.8. The van der Waals surface area contributed by atoms with Crippen LogP contribution in [-0.4, -0.2) is 4.57 Å². The third-order valence-corrected chi connectivity index (χ3v) is 9.42. The minimum atomic E-state index is 0.597. The molecule has 0 radical (unpaired) electrons. The van der Waals surface area contributed by atoms with Crippen LogP contribution in [0.1, 0.15) is 0 Å². The van der Waals surface area contributed by atoms with Gasteiger partial charge in [0, 0.05) is 38.2 Å². The van der Waals surface area contributed by atoms with Crippen molar-refractivity contribution in [3.05, 3.63) is 157 Å². The molecule has 0 unspecified atom stereocenters. The summed E-state index contributed by atoms with van der Waals surface area (Å²) < 4.78 is 15.3. The quantitative estimate of drug-likeness (QED) is 0.189. The molecule has 0 aliphatic carbocycles.